The van der Waals surface area contributed by atoms with E-state index in [1.807, 2.05) is 13.0 Å². The van der Waals surface area contributed by atoms with E-state index < -0.39 is 0 Å². The molecule has 0 fully saturated rings. The molecule has 0 aliphatic carbocycles. The fraction of sp³-hybridized carbons (Fsp3) is 0.286. The molecule has 0 bridgehead atoms. The van der Waals surface area contributed by atoms with Gasteiger partial charge in [0.05, 0.1) is 22.9 Å². The van der Waals surface area contributed by atoms with Crippen LogP contribution in [0.3, 0.4) is 0 Å². The third-order valence-electron chi connectivity index (χ3n) is 2.35. The Bertz CT molecular complexity index is 649. The lowest BCUT2D eigenvalue weighted by Crippen LogP contribution is -2.21. The molecule has 6 heteroatoms. The molecule has 0 saturated carbocycles. The minimum Gasteiger partial charge on any atom is -0.395 e. The van der Waals surface area contributed by atoms with Crippen LogP contribution < -0.4 is 5.32 Å². The summed E-state index contributed by atoms with van der Waals surface area (Å²) in [6.45, 7) is 2.49. The summed E-state index contributed by atoms with van der Waals surface area (Å²) < 4.78 is 0. The Balaban J connectivity index is 1.91. The second kappa shape index (κ2) is 7.20. The molecule has 2 heterocycles. The zero-order valence-corrected chi connectivity index (χ0v) is 12.6. The molecule has 20 heavy (non-hydrogen) atoms. The second-order valence-corrected chi connectivity index (χ2v) is 6.39. The third-order valence-corrected chi connectivity index (χ3v) is 4.26. The standard InChI is InChI=1S/C14H14N2O2S2/c1-10-8-15-13(19-10)9-16-14(18)12-6-5-11(20-12)4-2-3-7-17/h5-6,8,17H,3,7,9H2,1H3,(H,16,18). The lowest BCUT2D eigenvalue weighted by Gasteiger charge is -1.99. The van der Waals surface area contributed by atoms with Crippen LogP contribution in [-0.2, 0) is 6.54 Å². The zero-order chi connectivity index (χ0) is 14.4. The molecule has 1 amide bonds. The van der Waals surface area contributed by atoms with Crippen molar-refractivity contribution in [1.29, 1.82) is 0 Å². The Morgan fingerprint density at radius 2 is 2.30 bits per heavy atom. The molecule has 2 N–H and O–H groups in total. The Morgan fingerprint density at radius 3 is 3.00 bits per heavy atom. The van der Waals surface area contributed by atoms with Crippen molar-refractivity contribution < 1.29 is 9.90 Å². The van der Waals surface area contributed by atoms with Crippen LogP contribution in [0.15, 0.2) is 18.3 Å². The highest BCUT2D eigenvalue weighted by molar-refractivity contribution is 7.14. The van der Waals surface area contributed by atoms with Crippen molar-refractivity contribution in [2.24, 2.45) is 0 Å². The normalized spacial score (nSPS) is 9.90. The number of amides is 1. The van der Waals surface area contributed by atoms with Crippen molar-refractivity contribution in [3.05, 3.63) is 38.0 Å². The Kier molecular flexibility index (Phi) is 5.30. The number of aryl methyl sites for hydroxylation is 1. The molecule has 0 aromatic carbocycles. The van der Waals surface area contributed by atoms with Gasteiger partial charge in [0.2, 0.25) is 0 Å². The van der Waals surface area contributed by atoms with Gasteiger partial charge in [-0.05, 0) is 19.1 Å². The number of aromatic nitrogens is 1. The van der Waals surface area contributed by atoms with Crippen molar-refractivity contribution >= 4 is 28.6 Å². The number of aliphatic hydroxyl groups is 1. The molecule has 0 unspecified atom stereocenters. The van der Waals surface area contributed by atoms with Crippen LogP contribution in [-0.4, -0.2) is 22.6 Å². The lowest BCUT2D eigenvalue weighted by atomic mass is 10.4. The van der Waals surface area contributed by atoms with Crippen molar-refractivity contribution in [1.82, 2.24) is 10.3 Å². The number of aliphatic hydroxyl groups excluding tert-OH is 1. The van der Waals surface area contributed by atoms with E-state index in [4.69, 9.17) is 5.11 Å². The first-order valence-electron chi connectivity index (χ1n) is 6.08. The van der Waals surface area contributed by atoms with Crippen LogP contribution in [0.4, 0.5) is 0 Å². The average molecular weight is 306 g/mol. The molecule has 0 aliphatic heterocycles. The fourth-order valence-corrected chi connectivity index (χ4v) is 2.98. The topological polar surface area (TPSA) is 62.2 Å². The highest BCUT2D eigenvalue weighted by Crippen LogP contribution is 2.16. The summed E-state index contributed by atoms with van der Waals surface area (Å²) in [7, 11) is 0. The minimum atomic E-state index is -0.113. The van der Waals surface area contributed by atoms with Gasteiger partial charge in [-0.1, -0.05) is 11.8 Å². The van der Waals surface area contributed by atoms with Gasteiger partial charge >= 0.3 is 0 Å². The Morgan fingerprint density at radius 1 is 1.45 bits per heavy atom. The number of nitrogens with one attached hydrogen (secondary N) is 1. The first kappa shape index (κ1) is 14.7. The molecule has 4 nitrogen and oxygen atoms in total. The van der Waals surface area contributed by atoms with E-state index in [0.717, 1.165) is 14.8 Å². The summed E-state index contributed by atoms with van der Waals surface area (Å²) in [6, 6.07) is 3.58. The van der Waals surface area contributed by atoms with Crippen LogP contribution in [0.5, 0.6) is 0 Å². The molecule has 0 spiro atoms. The fourth-order valence-electron chi connectivity index (χ4n) is 1.46. The molecule has 2 rings (SSSR count). The highest BCUT2D eigenvalue weighted by atomic mass is 32.1. The van der Waals surface area contributed by atoms with Gasteiger partial charge in [0.25, 0.3) is 5.91 Å². The number of hydrogen-bond acceptors (Lipinski definition) is 5. The van der Waals surface area contributed by atoms with Gasteiger partial charge in [0.15, 0.2) is 0 Å². The quantitative estimate of drug-likeness (QED) is 0.851. The third kappa shape index (κ3) is 4.17. The zero-order valence-electron chi connectivity index (χ0n) is 11.0. The van der Waals surface area contributed by atoms with Gasteiger partial charge in [0, 0.05) is 17.5 Å². The van der Waals surface area contributed by atoms with E-state index in [1.165, 1.54) is 11.3 Å². The number of thiophene rings is 1. The second-order valence-electron chi connectivity index (χ2n) is 3.99. The number of hydrogen-bond donors (Lipinski definition) is 2. The molecule has 2 aromatic rings. The van der Waals surface area contributed by atoms with Crippen molar-refractivity contribution in [3.63, 3.8) is 0 Å². The summed E-state index contributed by atoms with van der Waals surface area (Å²) >= 11 is 2.92. The van der Waals surface area contributed by atoms with Gasteiger partial charge in [-0.25, -0.2) is 4.98 Å². The molecule has 0 saturated heterocycles. The van der Waals surface area contributed by atoms with Gasteiger partial charge in [-0.2, -0.15) is 0 Å². The summed E-state index contributed by atoms with van der Waals surface area (Å²) in [5.41, 5.74) is 0. The maximum Gasteiger partial charge on any atom is 0.261 e. The monoisotopic (exact) mass is 306 g/mol. The summed E-state index contributed by atoms with van der Waals surface area (Å²) in [6.07, 6.45) is 2.25. The van der Waals surface area contributed by atoms with E-state index in [1.54, 1.807) is 23.6 Å². The Hall–Kier alpha value is -1.68. The first-order chi connectivity index (χ1) is 9.69. The van der Waals surface area contributed by atoms with Gasteiger partial charge < -0.3 is 10.4 Å². The molecule has 0 radical (unpaired) electrons. The SMILES string of the molecule is Cc1cnc(CNC(=O)c2ccc(C#CCCO)s2)s1. The maximum absolute atomic E-state index is 12.0. The summed E-state index contributed by atoms with van der Waals surface area (Å²) in [5, 5.41) is 12.4. The van der Waals surface area contributed by atoms with Gasteiger partial charge in [0.1, 0.15) is 5.01 Å². The van der Waals surface area contributed by atoms with E-state index in [9.17, 15) is 4.79 Å². The number of carbonyl (C=O) groups excluding carboxylic acids is 1. The molecular formula is C14H14N2O2S2. The number of carbonyl (C=O) groups is 1. The van der Waals surface area contributed by atoms with Crippen LogP contribution >= 0.6 is 22.7 Å². The van der Waals surface area contributed by atoms with Crippen molar-refractivity contribution in [3.8, 4) is 11.8 Å². The van der Waals surface area contributed by atoms with Crippen LogP contribution in [0, 0.1) is 18.8 Å². The van der Waals surface area contributed by atoms with Gasteiger partial charge in [-0.15, -0.1) is 22.7 Å². The van der Waals surface area contributed by atoms with Gasteiger partial charge in [-0.3, -0.25) is 4.79 Å². The number of thiazole rings is 1. The van der Waals surface area contributed by atoms with Crippen LogP contribution in [0.2, 0.25) is 0 Å². The van der Waals surface area contributed by atoms with E-state index in [2.05, 4.69) is 22.1 Å². The van der Waals surface area contributed by atoms with E-state index in [-0.39, 0.29) is 12.5 Å². The Labute approximate surface area is 125 Å². The lowest BCUT2D eigenvalue weighted by molar-refractivity contribution is 0.0955. The first-order valence-corrected chi connectivity index (χ1v) is 7.71. The van der Waals surface area contributed by atoms with E-state index >= 15 is 0 Å². The molecule has 2 aromatic heterocycles. The molecule has 0 aliphatic rings. The number of nitrogens with zero attached hydrogens (tertiary/aromatic N) is 1. The molecule has 0 atom stereocenters. The molecular weight excluding hydrogens is 292 g/mol. The van der Waals surface area contributed by atoms with E-state index in [0.29, 0.717) is 17.8 Å². The smallest absolute Gasteiger partial charge is 0.261 e. The largest absolute Gasteiger partial charge is 0.395 e. The van der Waals surface area contributed by atoms with Crippen LogP contribution in [0.25, 0.3) is 0 Å². The summed E-state index contributed by atoms with van der Waals surface area (Å²) in [5.74, 6) is 5.64. The average Bonchev–Trinajstić information content (AvgIpc) is 3.06. The predicted octanol–water partition coefficient (Wildman–Crippen LogP) is 2.18. The minimum absolute atomic E-state index is 0.0545. The van der Waals surface area contributed by atoms with Crippen molar-refractivity contribution in [2.75, 3.05) is 6.61 Å². The highest BCUT2D eigenvalue weighted by Gasteiger charge is 2.09. The summed E-state index contributed by atoms with van der Waals surface area (Å²) in [4.78, 5) is 18.7. The maximum atomic E-state index is 12.0. The van der Waals surface area contributed by atoms with Crippen LogP contribution in [0.1, 0.15) is 30.9 Å². The van der Waals surface area contributed by atoms with Crippen molar-refractivity contribution in [2.45, 2.75) is 19.9 Å². The number of rotatable bonds is 4. The molecule has 104 valence electrons. The predicted molar refractivity (Wildman–Crippen MR) is 80.9 cm³/mol.